The summed E-state index contributed by atoms with van der Waals surface area (Å²) in [4.78, 5) is 36.3. The minimum Gasteiger partial charge on any atom is -0.480 e. The molecule has 2 aliphatic rings. The Hall–Kier alpha value is -3.39. The molecule has 0 heterocycles. The van der Waals surface area contributed by atoms with Crippen LogP contribution in [-0.4, -0.2) is 54.5 Å². The number of rotatable bonds is 10. The zero-order valence-corrected chi connectivity index (χ0v) is 19.2. The van der Waals surface area contributed by atoms with E-state index in [2.05, 4.69) is 34.9 Å². The van der Waals surface area contributed by atoms with Crippen LogP contribution < -0.4 is 10.6 Å². The van der Waals surface area contributed by atoms with Crippen molar-refractivity contribution in [2.75, 3.05) is 19.8 Å². The number of alkyl carbamates (subject to hydrolysis) is 1. The summed E-state index contributed by atoms with van der Waals surface area (Å²) in [6.07, 6.45) is 0.387. The lowest BCUT2D eigenvalue weighted by atomic mass is 9.76. The third kappa shape index (κ3) is 4.92. The predicted octanol–water partition coefficient (Wildman–Crippen LogP) is 3.44. The molecule has 2 aliphatic carbocycles. The van der Waals surface area contributed by atoms with Gasteiger partial charge < -0.3 is 25.2 Å². The molecule has 2 amide bonds. The van der Waals surface area contributed by atoms with E-state index in [1.54, 1.807) is 6.92 Å². The molecule has 0 bridgehead atoms. The van der Waals surface area contributed by atoms with Crippen LogP contribution in [-0.2, 0) is 19.1 Å². The Labute approximate surface area is 198 Å². The van der Waals surface area contributed by atoms with Crippen LogP contribution in [0.25, 0.3) is 11.1 Å². The van der Waals surface area contributed by atoms with Gasteiger partial charge in [0.05, 0.1) is 12.5 Å². The molecule has 0 saturated heterocycles. The van der Waals surface area contributed by atoms with Crippen molar-refractivity contribution in [3.63, 3.8) is 0 Å². The van der Waals surface area contributed by atoms with Crippen molar-refractivity contribution in [1.82, 2.24) is 10.6 Å². The highest BCUT2D eigenvalue weighted by molar-refractivity contribution is 5.88. The maximum absolute atomic E-state index is 12.4. The molecule has 8 heteroatoms. The molecule has 4 rings (SSSR count). The standard InChI is InChI=1S/C26H30N2O6/c1-2-33-17(14-23(29)28-26(24(30)31)12-7-13-26)15-27-25(32)34-16-22-20-10-5-3-8-18(20)19-9-4-6-11-21(19)22/h3-6,8-11,17,22H,2,7,12-16H2,1H3,(H,27,32)(H,28,29)(H,30,31). The molecule has 0 spiro atoms. The molecule has 2 aromatic carbocycles. The number of benzene rings is 2. The van der Waals surface area contributed by atoms with Gasteiger partial charge >= 0.3 is 12.1 Å². The molecule has 1 fully saturated rings. The summed E-state index contributed by atoms with van der Waals surface area (Å²) in [5.41, 5.74) is 3.39. The molecule has 1 saturated carbocycles. The van der Waals surface area contributed by atoms with Gasteiger partial charge in [-0.15, -0.1) is 0 Å². The summed E-state index contributed by atoms with van der Waals surface area (Å²) in [5, 5.41) is 14.7. The Morgan fingerprint density at radius 3 is 2.21 bits per heavy atom. The van der Waals surface area contributed by atoms with Gasteiger partial charge in [-0.2, -0.15) is 0 Å². The fraction of sp³-hybridized carbons (Fsp3) is 0.423. The summed E-state index contributed by atoms with van der Waals surface area (Å²) in [5.74, 6) is -1.46. The van der Waals surface area contributed by atoms with Crippen LogP contribution in [0.3, 0.4) is 0 Å². The van der Waals surface area contributed by atoms with Crippen LogP contribution in [0.2, 0.25) is 0 Å². The van der Waals surface area contributed by atoms with Crippen LogP contribution in [0.1, 0.15) is 49.7 Å². The number of hydrogen-bond donors (Lipinski definition) is 3. The molecule has 2 aromatic rings. The van der Waals surface area contributed by atoms with Crippen molar-refractivity contribution >= 4 is 18.0 Å². The van der Waals surface area contributed by atoms with E-state index in [-0.39, 0.29) is 25.5 Å². The monoisotopic (exact) mass is 466 g/mol. The number of amides is 2. The molecule has 8 nitrogen and oxygen atoms in total. The number of aliphatic carboxylic acids is 1. The van der Waals surface area contributed by atoms with E-state index < -0.39 is 29.6 Å². The number of hydrogen-bond acceptors (Lipinski definition) is 5. The highest BCUT2D eigenvalue weighted by Gasteiger charge is 2.45. The molecular weight excluding hydrogens is 436 g/mol. The highest BCUT2D eigenvalue weighted by Crippen LogP contribution is 2.44. The van der Waals surface area contributed by atoms with Crippen LogP contribution in [0, 0.1) is 0 Å². The van der Waals surface area contributed by atoms with Crippen molar-refractivity contribution < 1.29 is 29.0 Å². The summed E-state index contributed by atoms with van der Waals surface area (Å²) >= 11 is 0. The van der Waals surface area contributed by atoms with Gasteiger partial charge in [0.15, 0.2) is 0 Å². The smallest absolute Gasteiger partial charge is 0.407 e. The molecule has 0 radical (unpaired) electrons. The van der Waals surface area contributed by atoms with E-state index in [9.17, 15) is 19.5 Å². The zero-order valence-electron chi connectivity index (χ0n) is 19.2. The predicted molar refractivity (Wildman–Crippen MR) is 125 cm³/mol. The lowest BCUT2D eigenvalue weighted by molar-refractivity contribution is -0.152. The molecule has 1 unspecified atom stereocenters. The number of carbonyl (C=O) groups excluding carboxylic acids is 2. The second kappa shape index (κ2) is 10.3. The summed E-state index contributed by atoms with van der Waals surface area (Å²) in [7, 11) is 0. The largest absolute Gasteiger partial charge is 0.480 e. The number of carbonyl (C=O) groups is 3. The van der Waals surface area contributed by atoms with Crippen molar-refractivity contribution in [2.45, 2.75) is 50.2 Å². The number of nitrogens with one attached hydrogen (secondary N) is 2. The van der Waals surface area contributed by atoms with Crippen molar-refractivity contribution in [3.05, 3.63) is 59.7 Å². The van der Waals surface area contributed by atoms with Gasteiger partial charge in [0.2, 0.25) is 5.91 Å². The molecule has 0 aliphatic heterocycles. The number of carboxylic acids is 1. The first kappa shape index (κ1) is 23.8. The minimum atomic E-state index is -1.17. The Bertz CT molecular complexity index is 1020. The Morgan fingerprint density at radius 2 is 1.68 bits per heavy atom. The lowest BCUT2D eigenvalue weighted by Crippen LogP contribution is -2.59. The molecule has 3 N–H and O–H groups in total. The van der Waals surface area contributed by atoms with Crippen LogP contribution in [0.15, 0.2) is 48.5 Å². The van der Waals surface area contributed by atoms with Crippen LogP contribution in [0.4, 0.5) is 4.79 Å². The maximum Gasteiger partial charge on any atom is 0.407 e. The fourth-order valence-electron chi connectivity index (χ4n) is 4.72. The molecular formula is C26H30N2O6. The van der Waals surface area contributed by atoms with Crippen molar-refractivity contribution in [3.8, 4) is 11.1 Å². The zero-order chi connectivity index (χ0) is 24.1. The third-order valence-electron chi connectivity index (χ3n) is 6.63. The fourth-order valence-corrected chi connectivity index (χ4v) is 4.72. The van der Waals surface area contributed by atoms with Crippen LogP contribution in [0.5, 0.6) is 0 Å². The Morgan fingerprint density at radius 1 is 1.06 bits per heavy atom. The van der Waals surface area contributed by atoms with E-state index in [4.69, 9.17) is 9.47 Å². The minimum absolute atomic E-state index is 0.0405. The topological polar surface area (TPSA) is 114 Å². The first-order chi connectivity index (χ1) is 16.4. The van der Waals surface area contributed by atoms with Crippen LogP contribution >= 0.6 is 0 Å². The van der Waals surface area contributed by atoms with Gasteiger partial charge in [-0.25, -0.2) is 9.59 Å². The number of ether oxygens (including phenoxy) is 2. The SMILES string of the molecule is CCOC(CNC(=O)OCC1c2ccccc2-c2ccccc21)CC(=O)NC1(C(=O)O)CCC1. The first-order valence-corrected chi connectivity index (χ1v) is 11.7. The van der Waals surface area contributed by atoms with Crippen molar-refractivity contribution in [2.24, 2.45) is 0 Å². The highest BCUT2D eigenvalue weighted by atomic mass is 16.5. The van der Waals surface area contributed by atoms with E-state index in [0.717, 1.165) is 28.7 Å². The molecule has 0 aromatic heterocycles. The molecule has 180 valence electrons. The van der Waals surface area contributed by atoms with E-state index in [0.29, 0.717) is 19.4 Å². The van der Waals surface area contributed by atoms with Gasteiger partial charge in [-0.3, -0.25) is 4.79 Å². The second-order valence-electron chi connectivity index (χ2n) is 8.78. The Kier molecular flexibility index (Phi) is 7.17. The van der Waals surface area contributed by atoms with Crippen molar-refractivity contribution in [1.29, 1.82) is 0 Å². The van der Waals surface area contributed by atoms with Gasteiger partial charge in [0.25, 0.3) is 0 Å². The third-order valence-corrected chi connectivity index (χ3v) is 6.63. The average molecular weight is 467 g/mol. The second-order valence-corrected chi connectivity index (χ2v) is 8.78. The normalized spacial score (nSPS) is 16.5. The first-order valence-electron chi connectivity index (χ1n) is 11.7. The molecule has 34 heavy (non-hydrogen) atoms. The van der Waals surface area contributed by atoms with Gasteiger partial charge in [0.1, 0.15) is 12.1 Å². The van der Waals surface area contributed by atoms with Gasteiger partial charge in [-0.05, 0) is 48.4 Å². The quantitative estimate of drug-likeness (QED) is 0.494. The molecule has 1 atom stereocenters. The van der Waals surface area contributed by atoms with Gasteiger partial charge in [0, 0.05) is 19.1 Å². The van der Waals surface area contributed by atoms with E-state index >= 15 is 0 Å². The number of carboxylic acid groups (broad SMARTS) is 1. The van der Waals surface area contributed by atoms with Gasteiger partial charge in [-0.1, -0.05) is 48.5 Å². The van der Waals surface area contributed by atoms with E-state index in [1.807, 2.05) is 24.3 Å². The maximum atomic E-state index is 12.4. The Balaban J connectivity index is 1.29. The number of fused-ring (bicyclic) bond motifs is 3. The lowest BCUT2D eigenvalue weighted by Gasteiger charge is -2.38. The average Bonchev–Trinajstić information content (AvgIpc) is 3.12. The summed E-state index contributed by atoms with van der Waals surface area (Å²) < 4.78 is 11.1. The van der Waals surface area contributed by atoms with E-state index in [1.165, 1.54) is 0 Å². The summed E-state index contributed by atoms with van der Waals surface area (Å²) in [6.45, 7) is 2.43. The summed E-state index contributed by atoms with van der Waals surface area (Å²) in [6, 6.07) is 16.2.